The van der Waals surface area contributed by atoms with E-state index in [4.69, 9.17) is 4.74 Å². The van der Waals surface area contributed by atoms with Crippen molar-refractivity contribution >= 4 is 5.97 Å². The number of carbonyl (C=O) groups is 1. The summed E-state index contributed by atoms with van der Waals surface area (Å²) in [6.07, 6.45) is 10.4. The van der Waals surface area contributed by atoms with Crippen molar-refractivity contribution in [1.82, 2.24) is 0 Å². The van der Waals surface area contributed by atoms with E-state index in [1.54, 1.807) is 0 Å². The van der Waals surface area contributed by atoms with Crippen molar-refractivity contribution in [2.75, 3.05) is 0 Å². The molecule has 1 aliphatic carbocycles. The molecule has 0 aromatic carbocycles. The molecule has 1 saturated carbocycles. The molecule has 2 rings (SSSR count). The molecule has 4 atom stereocenters. The van der Waals surface area contributed by atoms with Crippen LogP contribution in [-0.4, -0.2) is 12.1 Å². The lowest BCUT2D eigenvalue weighted by molar-refractivity contribution is -0.145. The summed E-state index contributed by atoms with van der Waals surface area (Å²) < 4.78 is 5.56. The SMILES string of the molecule is CCCCCCC1(C)CCC2C(C1)OC(=O)C2C. The highest BCUT2D eigenvalue weighted by molar-refractivity contribution is 5.74. The van der Waals surface area contributed by atoms with E-state index in [-0.39, 0.29) is 18.0 Å². The number of ether oxygens (including phenoxy) is 1. The summed E-state index contributed by atoms with van der Waals surface area (Å²) in [5.41, 5.74) is 0.416. The van der Waals surface area contributed by atoms with E-state index >= 15 is 0 Å². The summed E-state index contributed by atoms with van der Waals surface area (Å²) in [5.74, 6) is 0.682. The van der Waals surface area contributed by atoms with Gasteiger partial charge in [-0.05, 0) is 31.1 Å². The molecule has 4 unspecified atom stereocenters. The summed E-state index contributed by atoms with van der Waals surface area (Å²) in [6, 6.07) is 0. The van der Waals surface area contributed by atoms with Gasteiger partial charge in [-0.25, -0.2) is 0 Å². The average molecular weight is 252 g/mol. The summed E-state index contributed by atoms with van der Waals surface area (Å²) in [6.45, 7) is 6.69. The van der Waals surface area contributed by atoms with Crippen molar-refractivity contribution in [3.05, 3.63) is 0 Å². The molecule has 1 aliphatic heterocycles. The summed E-state index contributed by atoms with van der Waals surface area (Å²) in [7, 11) is 0. The van der Waals surface area contributed by atoms with Crippen molar-refractivity contribution in [3.8, 4) is 0 Å². The third-order valence-electron chi connectivity index (χ3n) is 5.17. The Kier molecular flexibility index (Phi) is 4.34. The van der Waals surface area contributed by atoms with Gasteiger partial charge in [0.1, 0.15) is 6.10 Å². The lowest BCUT2D eigenvalue weighted by Crippen LogP contribution is -2.34. The van der Waals surface area contributed by atoms with E-state index in [0.717, 1.165) is 6.42 Å². The fourth-order valence-electron chi connectivity index (χ4n) is 3.78. The van der Waals surface area contributed by atoms with E-state index < -0.39 is 0 Å². The van der Waals surface area contributed by atoms with Gasteiger partial charge >= 0.3 is 5.97 Å². The van der Waals surface area contributed by atoms with Crippen LogP contribution in [0.4, 0.5) is 0 Å². The smallest absolute Gasteiger partial charge is 0.309 e. The first-order valence-corrected chi connectivity index (χ1v) is 7.76. The Morgan fingerprint density at radius 1 is 1.33 bits per heavy atom. The molecule has 18 heavy (non-hydrogen) atoms. The van der Waals surface area contributed by atoms with E-state index in [9.17, 15) is 4.79 Å². The van der Waals surface area contributed by atoms with Crippen LogP contribution in [0.1, 0.15) is 72.1 Å². The lowest BCUT2D eigenvalue weighted by Gasteiger charge is -2.39. The Hall–Kier alpha value is -0.530. The molecule has 0 aromatic rings. The minimum Gasteiger partial charge on any atom is -0.462 e. The van der Waals surface area contributed by atoms with Crippen LogP contribution in [0.3, 0.4) is 0 Å². The molecule has 0 spiro atoms. The minimum absolute atomic E-state index is 0.0419. The number of hydrogen-bond acceptors (Lipinski definition) is 2. The molecule has 0 N–H and O–H groups in total. The van der Waals surface area contributed by atoms with E-state index in [2.05, 4.69) is 13.8 Å². The minimum atomic E-state index is 0.0419. The number of fused-ring (bicyclic) bond motifs is 1. The van der Waals surface area contributed by atoms with Gasteiger partial charge in [0, 0.05) is 5.92 Å². The van der Waals surface area contributed by atoms with Gasteiger partial charge in [-0.1, -0.05) is 46.5 Å². The molecule has 0 amide bonds. The predicted octanol–water partition coefficient (Wildman–Crippen LogP) is 4.32. The largest absolute Gasteiger partial charge is 0.462 e. The Balaban J connectivity index is 1.84. The third-order valence-corrected chi connectivity index (χ3v) is 5.17. The highest BCUT2D eigenvalue weighted by Crippen LogP contribution is 2.48. The third kappa shape index (κ3) is 2.89. The first-order chi connectivity index (χ1) is 8.56. The van der Waals surface area contributed by atoms with Crippen LogP contribution in [-0.2, 0) is 9.53 Å². The molecule has 2 nitrogen and oxygen atoms in total. The van der Waals surface area contributed by atoms with Crippen LogP contribution in [0, 0.1) is 17.3 Å². The van der Waals surface area contributed by atoms with Gasteiger partial charge < -0.3 is 4.74 Å². The van der Waals surface area contributed by atoms with Gasteiger partial charge in [-0.15, -0.1) is 0 Å². The normalized spacial score (nSPS) is 39.5. The molecule has 0 bridgehead atoms. The summed E-state index contributed by atoms with van der Waals surface area (Å²) >= 11 is 0. The topological polar surface area (TPSA) is 26.3 Å². The molecule has 0 radical (unpaired) electrons. The lowest BCUT2D eigenvalue weighted by atomic mass is 9.66. The average Bonchev–Trinajstić information content (AvgIpc) is 2.60. The number of rotatable bonds is 5. The van der Waals surface area contributed by atoms with Crippen molar-refractivity contribution in [1.29, 1.82) is 0 Å². The highest BCUT2D eigenvalue weighted by atomic mass is 16.6. The van der Waals surface area contributed by atoms with Gasteiger partial charge in [0.05, 0.1) is 5.92 Å². The molecule has 2 fully saturated rings. The van der Waals surface area contributed by atoms with E-state index in [1.807, 2.05) is 6.92 Å². The van der Waals surface area contributed by atoms with Gasteiger partial charge in [0.25, 0.3) is 0 Å². The van der Waals surface area contributed by atoms with Crippen molar-refractivity contribution in [3.63, 3.8) is 0 Å². The first kappa shape index (κ1) is 13.9. The highest BCUT2D eigenvalue weighted by Gasteiger charge is 2.48. The van der Waals surface area contributed by atoms with Gasteiger partial charge in [-0.3, -0.25) is 4.79 Å². The second kappa shape index (κ2) is 5.63. The number of esters is 1. The Bertz CT molecular complexity index is 299. The van der Waals surface area contributed by atoms with Crippen molar-refractivity contribution in [2.45, 2.75) is 78.2 Å². The molecule has 2 heteroatoms. The maximum Gasteiger partial charge on any atom is 0.309 e. The number of carbonyl (C=O) groups excluding carboxylic acids is 1. The Morgan fingerprint density at radius 3 is 2.83 bits per heavy atom. The number of unbranched alkanes of at least 4 members (excludes halogenated alkanes) is 3. The van der Waals surface area contributed by atoms with Gasteiger partial charge in [0.2, 0.25) is 0 Å². The second-order valence-electron chi connectivity index (χ2n) is 6.79. The van der Waals surface area contributed by atoms with Crippen LogP contribution < -0.4 is 0 Å². The van der Waals surface area contributed by atoms with Crippen LogP contribution in [0.15, 0.2) is 0 Å². The standard InChI is InChI=1S/C16H28O2/c1-4-5-6-7-9-16(3)10-8-13-12(2)15(17)18-14(13)11-16/h12-14H,4-11H2,1-3H3. The van der Waals surface area contributed by atoms with E-state index in [1.165, 1.54) is 44.9 Å². The van der Waals surface area contributed by atoms with Crippen molar-refractivity contribution in [2.24, 2.45) is 17.3 Å². The Labute approximate surface area is 111 Å². The molecule has 1 saturated heterocycles. The van der Waals surface area contributed by atoms with Gasteiger partial charge in [-0.2, -0.15) is 0 Å². The zero-order valence-corrected chi connectivity index (χ0v) is 12.2. The zero-order chi connectivity index (χ0) is 13.2. The quantitative estimate of drug-likeness (QED) is 0.538. The van der Waals surface area contributed by atoms with Crippen LogP contribution >= 0.6 is 0 Å². The van der Waals surface area contributed by atoms with Crippen LogP contribution in [0.25, 0.3) is 0 Å². The summed E-state index contributed by atoms with van der Waals surface area (Å²) in [5, 5.41) is 0. The molecule has 104 valence electrons. The van der Waals surface area contributed by atoms with Crippen LogP contribution in [0.2, 0.25) is 0 Å². The molecule has 0 aromatic heterocycles. The zero-order valence-electron chi connectivity index (χ0n) is 12.2. The fraction of sp³-hybridized carbons (Fsp3) is 0.938. The fourth-order valence-corrected chi connectivity index (χ4v) is 3.78. The van der Waals surface area contributed by atoms with Crippen molar-refractivity contribution < 1.29 is 9.53 Å². The maximum atomic E-state index is 11.6. The van der Waals surface area contributed by atoms with Gasteiger partial charge in [0.15, 0.2) is 0 Å². The Morgan fingerprint density at radius 2 is 2.11 bits per heavy atom. The van der Waals surface area contributed by atoms with Crippen LogP contribution in [0.5, 0.6) is 0 Å². The van der Waals surface area contributed by atoms with E-state index in [0.29, 0.717) is 11.3 Å². The molecular weight excluding hydrogens is 224 g/mol. The first-order valence-electron chi connectivity index (χ1n) is 7.76. The maximum absolute atomic E-state index is 11.6. The second-order valence-corrected chi connectivity index (χ2v) is 6.79. The summed E-state index contributed by atoms with van der Waals surface area (Å²) in [4.78, 5) is 11.6. The molecule has 1 heterocycles. The monoisotopic (exact) mass is 252 g/mol. The molecule has 2 aliphatic rings. The molecular formula is C16H28O2. The predicted molar refractivity (Wildman–Crippen MR) is 73.3 cm³/mol. The number of hydrogen-bond donors (Lipinski definition) is 0.